The molecule has 0 spiro atoms. The second-order valence-electron chi connectivity index (χ2n) is 5.56. The van der Waals surface area contributed by atoms with Crippen molar-refractivity contribution in [2.24, 2.45) is 0 Å². The van der Waals surface area contributed by atoms with Crippen molar-refractivity contribution >= 4 is 17.9 Å². The summed E-state index contributed by atoms with van der Waals surface area (Å²) in [6.07, 6.45) is 5.04. The Morgan fingerprint density at radius 2 is 1.79 bits per heavy atom. The highest BCUT2D eigenvalue weighted by Crippen LogP contribution is 2.32. The van der Waals surface area contributed by atoms with Gasteiger partial charge >= 0.3 is 17.9 Å². The minimum absolute atomic E-state index is 0.0213. The quantitative estimate of drug-likeness (QED) is 0.369. The fourth-order valence-corrected chi connectivity index (χ4v) is 2.51. The molecule has 8 heteroatoms. The molecule has 24 heavy (non-hydrogen) atoms. The van der Waals surface area contributed by atoms with E-state index in [4.69, 9.17) is 29.3 Å². The minimum Gasteiger partial charge on any atom is -0.473 e. The van der Waals surface area contributed by atoms with E-state index >= 15 is 0 Å². The summed E-state index contributed by atoms with van der Waals surface area (Å²) in [6, 6.07) is 0.789. The minimum atomic E-state index is -1.82. The van der Waals surface area contributed by atoms with Gasteiger partial charge < -0.3 is 25.0 Å². The summed E-state index contributed by atoms with van der Waals surface area (Å²) in [4.78, 5) is 30.0. The number of nitrogens with one attached hydrogen (secondary N) is 1. The molecule has 2 rings (SSSR count). The monoisotopic (exact) mass is 343 g/mol. The van der Waals surface area contributed by atoms with E-state index < -0.39 is 11.9 Å². The van der Waals surface area contributed by atoms with E-state index in [1.807, 2.05) is 13.0 Å². The van der Waals surface area contributed by atoms with Crippen molar-refractivity contribution in [3.05, 3.63) is 11.6 Å². The Hall–Kier alpha value is -1.93. The van der Waals surface area contributed by atoms with Gasteiger partial charge in [0.1, 0.15) is 0 Å². The molecule has 0 aromatic carbocycles. The van der Waals surface area contributed by atoms with Crippen LogP contribution in [-0.2, 0) is 23.9 Å². The Morgan fingerprint density at radius 1 is 1.21 bits per heavy atom. The maximum absolute atomic E-state index is 11.8. The summed E-state index contributed by atoms with van der Waals surface area (Å²) >= 11 is 0. The van der Waals surface area contributed by atoms with Crippen LogP contribution in [0.4, 0.5) is 0 Å². The number of ether oxygens (including phenoxy) is 2. The Morgan fingerprint density at radius 3 is 2.25 bits per heavy atom. The number of fused-ring (bicyclic) bond motifs is 1. The van der Waals surface area contributed by atoms with Crippen molar-refractivity contribution < 1.29 is 34.1 Å². The van der Waals surface area contributed by atoms with Crippen LogP contribution in [0.15, 0.2) is 11.6 Å². The SMILES string of the molecule is CCOC(=O)C1=C[C@@H](OC(CC)CC)[C@H]2N[C@H]2C1.O=C(O)C(=O)O. The predicted octanol–water partition coefficient (Wildman–Crippen LogP) is 0.949. The Balaban J connectivity index is 0.000000413. The highest BCUT2D eigenvalue weighted by Gasteiger charge is 2.47. The summed E-state index contributed by atoms with van der Waals surface area (Å²) in [5, 5.41) is 18.2. The first kappa shape index (κ1) is 20.1. The number of carbonyl (C=O) groups is 3. The van der Waals surface area contributed by atoms with Gasteiger partial charge in [-0.1, -0.05) is 13.8 Å². The molecule has 3 N–H and O–H groups in total. The van der Waals surface area contributed by atoms with E-state index in [0.29, 0.717) is 18.7 Å². The number of esters is 1. The van der Waals surface area contributed by atoms with E-state index in [0.717, 1.165) is 24.8 Å². The molecule has 0 saturated carbocycles. The number of carboxylic acids is 2. The van der Waals surface area contributed by atoms with Gasteiger partial charge in [0.05, 0.1) is 24.9 Å². The largest absolute Gasteiger partial charge is 0.473 e. The molecule has 1 heterocycles. The molecule has 0 radical (unpaired) electrons. The fraction of sp³-hybridized carbons (Fsp3) is 0.688. The molecule has 0 bridgehead atoms. The van der Waals surface area contributed by atoms with Crippen LogP contribution in [0.3, 0.4) is 0 Å². The number of carboxylic acid groups (broad SMARTS) is 2. The van der Waals surface area contributed by atoms with Gasteiger partial charge in [0.25, 0.3) is 0 Å². The van der Waals surface area contributed by atoms with Crippen LogP contribution in [0.5, 0.6) is 0 Å². The topological polar surface area (TPSA) is 132 Å². The van der Waals surface area contributed by atoms with Gasteiger partial charge in [-0.15, -0.1) is 0 Å². The molecule has 8 nitrogen and oxygen atoms in total. The zero-order valence-electron chi connectivity index (χ0n) is 14.2. The van der Waals surface area contributed by atoms with Gasteiger partial charge in [-0.25, -0.2) is 14.4 Å². The van der Waals surface area contributed by atoms with Crippen LogP contribution < -0.4 is 5.32 Å². The summed E-state index contributed by atoms with van der Waals surface area (Å²) in [5.74, 6) is -3.84. The third-order valence-corrected chi connectivity index (χ3v) is 3.87. The Bertz CT molecular complexity index is 487. The first-order valence-corrected chi connectivity index (χ1v) is 8.09. The maximum Gasteiger partial charge on any atom is 0.414 e. The van der Waals surface area contributed by atoms with E-state index in [1.165, 1.54) is 0 Å². The van der Waals surface area contributed by atoms with Crippen LogP contribution in [-0.4, -0.2) is 59.0 Å². The van der Waals surface area contributed by atoms with Crippen molar-refractivity contribution in [2.75, 3.05) is 6.61 Å². The molecule has 1 aliphatic carbocycles. The lowest BCUT2D eigenvalue weighted by Gasteiger charge is -2.23. The average molecular weight is 343 g/mol. The molecule has 0 amide bonds. The van der Waals surface area contributed by atoms with Crippen LogP contribution in [0.25, 0.3) is 0 Å². The fourth-order valence-electron chi connectivity index (χ4n) is 2.51. The van der Waals surface area contributed by atoms with Crippen LogP contribution in [0.1, 0.15) is 40.0 Å². The average Bonchev–Trinajstić information content (AvgIpc) is 3.32. The molecule has 0 aromatic rings. The third kappa shape index (κ3) is 5.93. The summed E-state index contributed by atoms with van der Waals surface area (Å²) in [6.45, 7) is 6.52. The van der Waals surface area contributed by atoms with Gasteiger partial charge in [-0.3, -0.25) is 0 Å². The molecule has 2 aliphatic rings. The van der Waals surface area contributed by atoms with E-state index in [9.17, 15) is 4.79 Å². The van der Waals surface area contributed by atoms with Crippen molar-refractivity contribution in [3.8, 4) is 0 Å². The molecule has 1 fully saturated rings. The number of rotatable bonds is 6. The zero-order valence-corrected chi connectivity index (χ0v) is 14.2. The summed E-state index contributed by atoms with van der Waals surface area (Å²) in [7, 11) is 0. The molecule has 0 aromatic heterocycles. The molecular weight excluding hydrogens is 318 g/mol. The van der Waals surface area contributed by atoms with Crippen molar-refractivity contribution in [1.29, 1.82) is 0 Å². The highest BCUT2D eigenvalue weighted by atomic mass is 16.5. The van der Waals surface area contributed by atoms with Crippen LogP contribution in [0.2, 0.25) is 0 Å². The second kappa shape index (κ2) is 9.39. The lowest BCUT2D eigenvalue weighted by molar-refractivity contribution is -0.159. The summed E-state index contributed by atoms with van der Waals surface area (Å²) in [5.41, 5.74) is 0.763. The molecule has 1 aliphatic heterocycles. The molecule has 136 valence electrons. The van der Waals surface area contributed by atoms with E-state index in [2.05, 4.69) is 19.2 Å². The lowest BCUT2D eigenvalue weighted by Crippen LogP contribution is -2.30. The normalized spacial score (nSPS) is 24.2. The highest BCUT2D eigenvalue weighted by molar-refractivity contribution is 6.27. The van der Waals surface area contributed by atoms with Crippen molar-refractivity contribution in [1.82, 2.24) is 5.32 Å². The number of aliphatic carboxylic acids is 2. The van der Waals surface area contributed by atoms with Crippen molar-refractivity contribution in [3.63, 3.8) is 0 Å². The predicted molar refractivity (Wildman–Crippen MR) is 84.6 cm³/mol. The van der Waals surface area contributed by atoms with Crippen molar-refractivity contribution in [2.45, 2.75) is 64.3 Å². The summed E-state index contributed by atoms with van der Waals surface area (Å²) < 4.78 is 11.1. The Labute approximate surface area is 140 Å². The van der Waals surface area contributed by atoms with Gasteiger partial charge in [0, 0.05) is 11.6 Å². The van der Waals surface area contributed by atoms with Crippen LogP contribution in [0, 0.1) is 0 Å². The second-order valence-corrected chi connectivity index (χ2v) is 5.56. The Kier molecular flexibility index (Phi) is 7.87. The smallest absolute Gasteiger partial charge is 0.414 e. The molecule has 0 unspecified atom stereocenters. The molecule has 3 atom stereocenters. The lowest BCUT2D eigenvalue weighted by atomic mass is 9.97. The van der Waals surface area contributed by atoms with Gasteiger partial charge in [-0.2, -0.15) is 0 Å². The van der Waals surface area contributed by atoms with Gasteiger partial charge in [-0.05, 0) is 32.3 Å². The molecular formula is C16H25NO7. The van der Waals surface area contributed by atoms with Crippen LogP contribution >= 0.6 is 0 Å². The first-order chi connectivity index (χ1) is 11.3. The number of hydrogen-bond acceptors (Lipinski definition) is 6. The van der Waals surface area contributed by atoms with Gasteiger partial charge in [0.2, 0.25) is 0 Å². The standard InChI is InChI=1S/C14H23NO3.C2H2O4/c1-4-10(5-2)18-12-8-9(14(16)17-6-3)7-11-13(12)15-11;3-1(4)2(5)6/h8,10-13,15H,4-7H2,1-3H3;(H,3,4)(H,5,6)/t11-,12+,13-;/m0./s1. The first-order valence-electron chi connectivity index (χ1n) is 8.09. The zero-order chi connectivity index (χ0) is 18.3. The number of hydrogen-bond donors (Lipinski definition) is 3. The maximum atomic E-state index is 11.8. The third-order valence-electron chi connectivity index (χ3n) is 3.87. The number of carbonyl (C=O) groups excluding carboxylic acids is 1. The van der Waals surface area contributed by atoms with Gasteiger partial charge in [0.15, 0.2) is 0 Å². The molecule has 1 saturated heterocycles. The van der Waals surface area contributed by atoms with E-state index in [-0.39, 0.29) is 18.2 Å². The van der Waals surface area contributed by atoms with E-state index in [1.54, 1.807) is 0 Å².